The van der Waals surface area contributed by atoms with Crippen LogP contribution in [0.2, 0.25) is 5.02 Å². The quantitative estimate of drug-likeness (QED) is 0.254. The van der Waals surface area contributed by atoms with E-state index in [9.17, 15) is 4.39 Å². The molecule has 0 saturated carbocycles. The van der Waals surface area contributed by atoms with Crippen molar-refractivity contribution in [2.45, 2.75) is 39.0 Å². The van der Waals surface area contributed by atoms with Crippen LogP contribution >= 0.6 is 11.6 Å². The molecule has 0 bridgehead atoms. The number of rotatable bonds is 7. The minimum Gasteiger partial charge on any atom is -0.206 e. The third kappa shape index (κ3) is 4.80. The van der Waals surface area contributed by atoms with Crippen LogP contribution in [-0.4, -0.2) is 0 Å². The molecule has 0 amide bonds. The number of halogens is 3. The Morgan fingerprint density at radius 3 is 2.19 bits per heavy atom. The Morgan fingerprint density at radius 2 is 1.45 bits per heavy atom. The van der Waals surface area contributed by atoms with Crippen molar-refractivity contribution in [3.8, 4) is 22.3 Å². The average molecular weight is 435 g/mol. The highest BCUT2D eigenvalue weighted by atomic mass is 35.5. The van der Waals surface area contributed by atoms with Crippen LogP contribution in [0.15, 0.2) is 72.8 Å². The highest BCUT2D eigenvalue weighted by Gasteiger charge is 2.12. The molecule has 0 aliphatic heterocycles. The summed E-state index contributed by atoms with van der Waals surface area (Å²) in [5.41, 5.74) is 4.35. The predicted molar refractivity (Wildman–Crippen MR) is 128 cm³/mol. The van der Waals surface area contributed by atoms with Gasteiger partial charge in [-0.2, -0.15) is 0 Å². The molecule has 0 aromatic heterocycles. The van der Waals surface area contributed by atoms with Gasteiger partial charge in [0.15, 0.2) is 0 Å². The van der Waals surface area contributed by atoms with Crippen LogP contribution in [0.25, 0.3) is 33.0 Å². The number of aryl methyl sites for hydroxylation is 1. The standard InChI is InChI=1S/C28H25ClF2/c1-2-3-4-5-6-19-7-9-20(10-8-19)21-11-14-24-22(17-21)12-15-25(28(24)31)23-13-16-26(29)27(30)18-23/h7-18H,2-6H2,1H3. The van der Waals surface area contributed by atoms with Crippen LogP contribution in [0.5, 0.6) is 0 Å². The van der Waals surface area contributed by atoms with E-state index in [1.54, 1.807) is 18.2 Å². The first kappa shape index (κ1) is 21.5. The number of fused-ring (bicyclic) bond motifs is 1. The molecule has 158 valence electrons. The summed E-state index contributed by atoms with van der Waals surface area (Å²) in [5, 5.41) is 1.36. The molecule has 0 saturated heterocycles. The van der Waals surface area contributed by atoms with Crippen molar-refractivity contribution in [3.63, 3.8) is 0 Å². The molecule has 4 aromatic carbocycles. The fourth-order valence-electron chi connectivity index (χ4n) is 3.98. The topological polar surface area (TPSA) is 0 Å². The maximum absolute atomic E-state index is 15.2. The van der Waals surface area contributed by atoms with E-state index in [0.717, 1.165) is 22.9 Å². The van der Waals surface area contributed by atoms with Crippen molar-refractivity contribution in [2.75, 3.05) is 0 Å². The molecule has 0 unspecified atom stereocenters. The van der Waals surface area contributed by atoms with Gasteiger partial charge in [-0.05, 0) is 58.7 Å². The summed E-state index contributed by atoms with van der Waals surface area (Å²) >= 11 is 5.76. The van der Waals surface area contributed by atoms with Gasteiger partial charge in [-0.3, -0.25) is 0 Å². The lowest BCUT2D eigenvalue weighted by Crippen LogP contribution is -1.90. The number of hydrogen-bond donors (Lipinski definition) is 0. The Kier molecular flexibility index (Phi) is 6.67. The lowest BCUT2D eigenvalue weighted by atomic mass is 9.96. The summed E-state index contributed by atoms with van der Waals surface area (Å²) < 4.78 is 29.0. The van der Waals surface area contributed by atoms with Crippen molar-refractivity contribution >= 4 is 22.4 Å². The SMILES string of the molecule is CCCCCCc1ccc(-c2ccc3c(F)c(-c4ccc(Cl)c(F)c4)ccc3c2)cc1. The Balaban J connectivity index is 1.59. The molecule has 0 atom stereocenters. The fourth-order valence-corrected chi connectivity index (χ4v) is 4.10. The third-order valence-corrected chi connectivity index (χ3v) is 6.10. The van der Waals surface area contributed by atoms with Gasteiger partial charge in [0.05, 0.1) is 5.02 Å². The second-order valence-corrected chi connectivity index (χ2v) is 8.41. The maximum Gasteiger partial charge on any atom is 0.142 e. The van der Waals surface area contributed by atoms with Crippen LogP contribution in [-0.2, 0) is 6.42 Å². The molecule has 0 spiro atoms. The monoisotopic (exact) mass is 434 g/mol. The van der Waals surface area contributed by atoms with Gasteiger partial charge in [-0.15, -0.1) is 0 Å². The van der Waals surface area contributed by atoms with Gasteiger partial charge in [-0.25, -0.2) is 8.78 Å². The Labute approximate surface area is 187 Å². The van der Waals surface area contributed by atoms with E-state index in [1.807, 2.05) is 18.2 Å². The largest absolute Gasteiger partial charge is 0.206 e. The van der Waals surface area contributed by atoms with E-state index >= 15 is 4.39 Å². The van der Waals surface area contributed by atoms with E-state index in [2.05, 4.69) is 31.2 Å². The zero-order valence-corrected chi connectivity index (χ0v) is 18.4. The summed E-state index contributed by atoms with van der Waals surface area (Å²) in [7, 11) is 0. The van der Waals surface area contributed by atoms with Gasteiger partial charge in [0.2, 0.25) is 0 Å². The number of unbranched alkanes of at least 4 members (excludes halogenated alkanes) is 3. The predicted octanol–water partition coefficient (Wildman–Crippen LogP) is 9.23. The zero-order valence-electron chi connectivity index (χ0n) is 17.6. The minimum atomic E-state index is -0.553. The molecule has 31 heavy (non-hydrogen) atoms. The van der Waals surface area contributed by atoms with Crippen LogP contribution in [0.1, 0.15) is 38.2 Å². The van der Waals surface area contributed by atoms with Crippen LogP contribution in [0.3, 0.4) is 0 Å². The normalized spacial score (nSPS) is 11.2. The highest BCUT2D eigenvalue weighted by molar-refractivity contribution is 6.30. The zero-order chi connectivity index (χ0) is 21.8. The summed E-state index contributed by atoms with van der Waals surface area (Å²) in [6, 6.07) is 22.3. The van der Waals surface area contributed by atoms with Gasteiger partial charge in [0.25, 0.3) is 0 Å². The fraction of sp³-hybridized carbons (Fsp3) is 0.214. The van der Waals surface area contributed by atoms with Crippen LogP contribution < -0.4 is 0 Å². The Morgan fingerprint density at radius 1 is 0.710 bits per heavy atom. The van der Waals surface area contributed by atoms with E-state index in [1.165, 1.54) is 43.4 Å². The van der Waals surface area contributed by atoms with Crippen molar-refractivity contribution in [3.05, 3.63) is 95.0 Å². The van der Waals surface area contributed by atoms with E-state index in [-0.39, 0.29) is 10.8 Å². The van der Waals surface area contributed by atoms with Crippen molar-refractivity contribution in [1.29, 1.82) is 0 Å². The average Bonchev–Trinajstić information content (AvgIpc) is 2.79. The molecular weight excluding hydrogens is 410 g/mol. The Bertz CT molecular complexity index is 1200. The van der Waals surface area contributed by atoms with Crippen molar-refractivity contribution < 1.29 is 8.78 Å². The van der Waals surface area contributed by atoms with E-state index in [4.69, 9.17) is 11.6 Å². The van der Waals surface area contributed by atoms with Crippen molar-refractivity contribution in [1.82, 2.24) is 0 Å². The summed E-state index contributed by atoms with van der Waals surface area (Å²) in [6.07, 6.45) is 6.15. The maximum atomic E-state index is 15.2. The highest BCUT2D eigenvalue weighted by Crippen LogP contribution is 2.33. The third-order valence-electron chi connectivity index (χ3n) is 5.79. The molecule has 0 nitrogen and oxygen atoms in total. The molecule has 0 heterocycles. The Hall–Kier alpha value is -2.71. The van der Waals surface area contributed by atoms with Crippen molar-refractivity contribution in [2.24, 2.45) is 0 Å². The first-order valence-corrected chi connectivity index (χ1v) is 11.2. The summed E-state index contributed by atoms with van der Waals surface area (Å²) in [4.78, 5) is 0. The number of hydrogen-bond acceptors (Lipinski definition) is 0. The minimum absolute atomic E-state index is 0.0292. The molecule has 0 fully saturated rings. The van der Waals surface area contributed by atoms with E-state index < -0.39 is 5.82 Å². The van der Waals surface area contributed by atoms with Gasteiger partial charge >= 0.3 is 0 Å². The van der Waals surface area contributed by atoms with Gasteiger partial charge in [0.1, 0.15) is 11.6 Å². The molecule has 0 radical (unpaired) electrons. The first-order chi connectivity index (χ1) is 15.1. The lowest BCUT2D eigenvalue weighted by molar-refractivity contribution is 0.627. The first-order valence-electron chi connectivity index (χ1n) is 10.8. The van der Waals surface area contributed by atoms with Crippen LogP contribution in [0, 0.1) is 11.6 Å². The lowest BCUT2D eigenvalue weighted by Gasteiger charge is -2.10. The van der Waals surface area contributed by atoms with E-state index in [0.29, 0.717) is 16.5 Å². The molecule has 3 heteroatoms. The smallest absolute Gasteiger partial charge is 0.142 e. The van der Waals surface area contributed by atoms with Gasteiger partial charge < -0.3 is 0 Å². The van der Waals surface area contributed by atoms with Gasteiger partial charge in [-0.1, -0.05) is 92.4 Å². The summed E-state index contributed by atoms with van der Waals surface area (Å²) in [6.45, 7) is 2.22. The van der Waals surface area contributed by atoms with Crippen LogP contribution in [0.4, 0.5) is 8.78 Å². The molecule has 4 aromatic rings. The molecule has 4 rings (SSSR count). The second-order valence-electron chi connectivity index (χ2n) is 8.00. The number of benzene rings is 4. The molecular formula is C28H25ClF2. The molecule has 0 aliphatic carbocycles. The summed E-state index contributed by atoms with van der Waals surface area (Å²) in [5.74, 6) is -0.906. The van der Waals surface area contributed by atoms with Gasteiger partial charge in [0, 0.05) is 10.9 Å². The molecule has 0 aliphatic rings. The second kappa shape index (κ2) is 9.62. The molecule has 0 N–H and O–H groups in total.